The molecule has 2 heterocycles. The van der Waals surface area contributed by atoms with Crippen LogP contribution in [0.3, 0.4) is 0 Å². The van der Waals surface area contributed by atoms with Crippen molar-refractivity contribution in [3.05, 3.63) is 39.8 Å². The SMILES string of the molecule is CCc1cc(-c2noc(-c3cc(C)c(CN(CC)CC)s3)n2)cc(C)c1OC[C@@H](O)CNCCC(=O)O. The summed E-state index contributed by atoms with van der Waals surface area (Å²) in [5.74, 6) is 0.900. The van der Waals surface area contributed by atoms with Crippen LogP contribution in [0.15, 0.2) is 22.7 Å². The summed E-state index contributed by atoms with van der Waals surface area (Å²) in [6.45, 7) is 14.1. The van der Waals surface area contributed by atoms with Crippen molar-refractivity contribution in [3.8, 4) is 27.9 Å². The smallest absolute Gasteiger partial charge is 0.304 e. The molecule has 9 nitrogen and oxygen atoms in total. The van der Waals surface area contributed by atoms with Gasteiger partial charge in [-0.25, -0.2) is 0 Å². The van der Waals surface area contributed by atoms with E-state index in [4.69, 9.17) is 14.4 Å². The number of rotatable bonds is 15. The number of aliphatic hydroxyl groups excluding tert-OH is 1. The molecule has 1 atom stereocenters. The third kappa shape index (κ3) is 7.85. The molecule has 0 bridgehead atoms. The van der Waals surface area contributed by atoms with Crippen LogP contribution in [0.1, 0.15) is 48.8 Å². The number of thiophene rings is 1. The predicted molar refractivity (Wildman–Crippen MR) is 145 cm³/mol. The van der Waals surface area contributed by atoms with Crippen LogP contribution in [0.5, 0.6) is 5.75 Å². The number of carboxylic acids is 1. The van der Waals surface area contributed by atoms with Gasteiger partial charge in [0.25, 0.3) is 5.89 Å². The molecule has 3 aromatic rings. The van der Waals surface area contributed by atoms with Gasteiger partial charge in [0.15, 0.2) is 0 Å². The van der Waals surface area contributed by atoms with Gasteiger partial charge in [0.2, 0.25) is 5.82 Å². The monoisotopic (exact) mass is 530 g/mol. The highest BCUT2D eigenvalue weighted by atomic mass is 32.1. The molecule has 0 aliphatic heterocycles. The fourth-order valence-corrected chi connectivity index (χ4v) is 5.16. The van der Waals surface area contributed by atoms with E-state index in [9.17, 15) is 9.90 Å². The van der Waals surface area contributed by atoms with Gasteiger partial charge in [-0.3, -0.25) is 9.69 Å². The highest BCUT2D eigenvalue weighted by Gasteiger charge is 2.18. The number of ether oxygens (including phenoxy) is 1. The highest BCUT2D eigenvalue weighted by Crippen LogP contribution is 2.34. The van der Waals surface area contributed by atoms with Gasteiger partial charge in [-0.05, 0) is 68.2 Å². The molecule has 0 aliphatic carbocycles. The largest absolute Gasteiger partial charge is 0.490 e. The van der Waals surface area contributed by atoms with E-state index in [-0.39, 0.29) is 19.6 Å². The van der Waals surface area contributed by atoms with Crippen molar-refractivity contribution >= 4 is 17.3 Å². The van der Waals surface area contributed by atoms with Crippen LogP contribution >= 0.6 is 11.3 Å². The lowest BCUT2D eigenvalue weighted by molar-refractivity contribution is -0.136. The van der Waals surface area contributed by atoms with Crippen molar-refractivity contribution in [2.45, 2.75) is 60.1 Å². The van der Waals surface area contributed by atoms with Crippen molar-refractivity contribution in [3.63, 3.8) is 0 Å². The molecule has 0 unspecified atom stereocenters. The van der Waals surface area contributed by atoms with Crippen molar-refractivity contribution in [2.75, 3.05) is 32.8 Å². The Bertz CT molecular complexity index is 1170. The summed E-state index contributed by atoms with van der Waals surface area (Å²) in [6, 6.07) is 6.08. The zero-order chi connectivity index (χ0) is 26.9. The number of carbonyl (C=O) groups is 1. The number of aliphatic hydroxyl groups is 1. The molecule has 10 heteroatoms. The molecule has 202 valence electrons. The van der Waals surface area contributed by atoms with Crippen molar-refractivity contribution in [1.82, 2.24) is 20.4 Å². The van der Waals surface area contributed by atoms with Gasteiger partial charge in [0.1, 0.15) is 18.5 Å². The molecular weight excluding hydrogens is 492 g/mol. The Hall–Kier alpha value is -2.79. The topological polar surface area (TPSA) is 121 Å². The number of carboxylic acid groups (broad SMARTS) is 1. The molecular formula is C27H38N4O5S. The van der Waals surface area contributed by atoms with E-state index >= 15 is 0 Å². The van der Waals surface area contributed by atoms with Crippen LogP contribution in [0, 0.1) is 13.8 Å². The zero-order valence-corrected chi connectivity index (χ0v) is 23.2. The van der Waals surface area contributed by atoms with Gasteiger partial charge in [-0.1, -0.05) is 25.9 Å². The summed E-state index contributed by atoms with van der Waals surface area (Å²) in [6.07, 6.45) is -0.00560. The average Bonchev–Trinajstić information content (AvgIpc) is 3.50. The Morgan fingerprint density at radius 1 is 1.19 bits per heavy atom. The Morgan fingerprint density at radius 2 is 1.95 bits per heavy atom. The van der Waals surface area contributed by atoms with Crippen LogP contribution in [-0.4, -0.2) is 70.1 Å². The maximum absolute atomic E-state index is 10.6. The van der Waals surface area contributed by atoms with E-state index in [1.165, 1.54) is 10.4 Å². The number of aromatic nitrogens is 2. The molecule has 0 aliphatic rings. The standard InChI is InChI=1S/C27H38N4O5S/c1-6-19-13-20(11-18(5)25(19)35-16-21(32)14-28-10-9-24(33)34)26-29-27(36-30-26)22-12-17(4)23(37-22)15-31(7-2)8-3/h11-13,21,28,32H,6-10,14-16H2,1-5H3,(H,33,34)/t21-/m0/s1. The molecule has 2 aromatic heterocycles. The van der Waals surface area contributed by atoms with Gasteiger partial charge in [0.05, 0.1) is 11.3 Å². The normalized spacial score (nSPS) is 12.3. The second-order valence-corrected chi connectivity index (χ2v) is 10.2. The summed E-state index contributed by atoms with van der Waals surface area (Å²) < 4.78 is 11.6. The number of aliphatic carboxylic acids is 1. The van der Waals surface area contributed by atoms with Gasteiger partial charge >= 0.3 is 5.97 Å². The molecule has 0 amide bonds. The van der Waals surface area contributed by atoms with Crippen LogP contribution in [0.4, 0.5) is 0 Å². The van der Waals surface area contributed by atoms with Crippen LogP contribution < -0.4 is 10.1 Å². The third-order valence-electron chi connectivity index (χ3n) is 6.23. The van der Waals surface area contributed by atoms with Gasteiger partial charge in [-0.2, -0.15) is 4.98 Å². The highest BCUT2D eigenvalue weighted by molar-refractivity contribution is 7.15. The van der Waals surface area contributed by atoms with Crippen molar-refractivity contribution < 1.29 is 24.3 Å². The molecule has 0 saturated carbocycles. The van der Waals surface area contributed by atoms with Crippen LogP contribution in [-0.2, 0) is 17.8 Å². The average molecular weight is 531 g/mol. The Labute approximate surface area is 222 Å². The number of hydrogen-bond acceptors (Lipinski definition) is 9. The van der Waals surface area contributed by atoms with E-state index in [0.717, 1.165) is 53.4 Å². The van der Waals surface area contributed by atoms with Gasteiger partial charge in [-0.15, -0.1) is 11.3 Å². The summed E-state index contributed by atoms with van der Waals surface area (Å²) in [5, 5.41) is 26.1. The number of nitrogens with zero attached hydrogens (tertiary/aromatic N) is 3. The first-order chi connectivity index (χ1) is 17.7. The van der Waals surface area contributed by atoms with E-state index in [0.29, 0.717) is 18.3 Å². The molecule has 0 saturated heterocycles. The molecule has 3 N–H and O–H groups in total. The summed E-state index contributed by atoms with van der Waals surface area (Å²) in [5.41, 5.74) is 3.99. The first-order valence-corrected chi connectivity index (χ1v) is 13.6. The molecule has 1 aromatic carbocycles. The first-order valence-electron chi connectivity index (χ1n) is 12.8. The van der Waals surface area contributed by atoms with E-state index in [2.05, 4.69) is 47.2 Å². The number of nitrogens with one attached hydrogen (secondary N) is 1. The van der Waals surface area contributed by atoms with Gasteiger partial charge < -0.3 is 24.8 Å². The van der Waals surface area contributed by atoms with Crippen molar-refractivity contribution in [2.24, 2.45) is 0 Å². The van der Waals surface area contributed by atoms with Crippen molar-refractivity contribution in [1.29, 1.82) is 0 Å². The minimum absolute atomic E-state index is 0.00942. The summed E-state index contributed by atoms with van der Waals surface area (Å²) >= 11 is 1.70. The Balaban J connectivity index is 1.70. The lowest BCUT2D eigenvalue weighted by atomic mass is 10.0. The molecule has 0 radical (unpaired) electrons. The maximum Gasteiger partial charge on any atom is 0.304 e. The predicted octanol–water partition coefficient (Wildman–Crippen LogP) is 4.29. The van der Waals surface area contributed by atoms with Gasteiger partial charge in [0, 0.05) is 30.1 Å². The van der Waals surface area contributed by atoms with Crippen LogP contribution in [0.25, 0.3) is 22.2 Å². The second kappa shape index (κ2) is 13.7. The first kappa shape index (κ1) is 28.8. The summed E-state index contributed by atoms with van der Waals surface area (Å²) in [7, 11) is 0. The minimum Gasteiger partial charge on any atom is -0.490 e. The van der Waals surface area contributed by atoms with E-state index in [1.807, 2.05) is 26.0 Å². The zero-order valence-electron chi connectivity index (χ0n) is 22.3. The maximum atomic E-state index is 10.6. The Kier molecular flexibility index (Phi) is 10.6. The van der Waals surface area contributed by atoms with Crippen LogP contribution in [0.2, 0.25) is 0 Å². The van der Waals surface area contributed by atoms with E-state index < -0.39 is 12.1 Å². The lowest BCUT2D eigenvalue weighted by Gasteiger charge is -2.17. The number of aryl methyl sites for hydroxylation is 3. The second-order valence-electron chi connectivity index (χ2n) is 9.05. The lowest BCUT2D eigenvalue weighted by Crippen LogP contribution is -2.32. The minimum atomic E-state index is -0.874. The van der Waals surface area contributed by atoms with E-state index in [1.54, 1.807) is 11.3 Å². The molecule has 0 fully saturated rings. The fourth-order valence-electron chi connectivity index (χ4n) is 4.02. The molecule has 37 heavy (non-hydrogen) atoms. The fraction of sp³-hybridized carbons (Fsp3) is 0.519. The summed E-state index contributed by atoms with van der Waals surface area (Å²) in [4.78, 5) is 19.9. The quantitative estimate of drug-likeness (QED) is 0.247. The Morgan fingerprint density at radius 3 is 2.62 bits per heavy atom. The number of benzene rings is 1. The third-order valence-corrected chi connectivity index (χ3v) is 7.44. The molecule has 0 spiro atoms. The molecule has 3 rings (SSSR count). The number of hydrogen-bond donors (Lipinski definition) is 3.